The molecule has 2 aromatic heterocycles. The Morgan fingerprint density at radius 2 is 1.98 bits per heavy atom. The lowest BCUT2D eigenvalue weighted by atomic mass is 9.98. The highest BCUT2D eigenvalue weighted by molar-refractivity contribution is 5.95. The van der Waals surface area contributed by atoms with Crippen LogP contribution in [-0.4, -0.2) is 72.0 Å². The predicted molar refractivity (Wildman–Crippen MR) is 153 cm³/mol. The number of rotatable bonds is 4. The summed E-state index contributed by atoms with van der Waals surface area (Å²) in [5, 5.41) is 11.3. The number of pyridine rings is 2. The number of benzene rings is 1. The third-order valence-electron chi connectivity index (χ3n) is 7.75. The molecule has 11 heteroatoms. The SMILES string of the molecule is Cc1c(-c2cc3cc(/N=C(N)/C=C4/CCN(C5CCNCC5)C(=O)CN4)ncc3cc2F)cnc2c1NCCO2. The summed E-state index contributed by atoms with van der Waals surface area (Å²) in [7, 11) is 0. The van der Waals surface area contributed by atoms with Gasteiger partial charge in [0.1, 0.15) is 23.9 Å². The van der Waals surface area contributed by atoms with E-state index in [1.165, 1.54) is 6.07 Å². The first-order chi connectivity index (χ1) is 19.5. The second-order valence-electron chi connectivity index (χ2n) is 10.4. The molecule has 3 aromatic rings. The maximum atomic E-state index is 15.2. The molecule has 6 rings (SSSR count). The second-order valence-corrected chi connectivity index (χ2v) is 10.4. The fraction of sp³-hybridized carbons (Fsp3) is 0.379. The maximum Gasteiger partial charge on any atom is 0.242 e. The third kappa shape index (κ3) is 5.29. The van der Waals surface area contributed by atoms with Crippen LogP contribution in [0.1, 0.15) is 24.8 Å². The molecule has 0 atom stereocenters. The van der Waals surface area contributed by atoms with Crippen molar-refractivity contribution >= 4 is 34.0 Å². The minimum absolute atomic E-state index is 0.109. The van der Waals surface area contributed by atoms with Gasteiger partial charge in [-0.1, -0.05) is 0 Å². The van der Waals surface area contributed by atoms with Crippen molar-refractivity contribution in [3.05, 3.63) is 53.7 Å². The molecule has 5 N–H and O–H groups in total. The van der Waals surface area contributed by atoms with Crippen molar-refractivity contribution in [1.82, 2.24) is 25.5 Å². The van der Waals surface area contributed by atoms with E-state index < -0.39 is 0 Å². The van der Waals surface area contributed by atoms with Gasteiger partial charge in [0.25, 0.3) is 0 Å². The van der Waals surface area contributed by atoms with Crippen molar-refractivity contribution in [1.29, 1.82) is 0 Å². The Kier molecular flexibility index (Phi) is 7.21. The van der Waals surface area contributed by atoms with E-state index in [9.17, 15) is 4.79 Å². The molecule has 1 amide bonds. The zero-order valence-corrected chi connectivity index (χ0v) is 22.5. The molecule has 0 bridgehead atoms. The van der Waals surface area contributed by atoms with E-state index in [2.05, 4.69) is 30.9 Å². The number of hydrogen-bond donors (Lipinski definition) is 4. The Hall–Kier alpha value is -4.25. The molecule has 0 spiro atoms. The van der Waals surface area contributed by atoms with E-state index >= 15 is 4.39 Å². The monoisotopic (exact) mass is 544 g/mol. The number of ether oxygens (including phenoxy) is 1. The summed E-state index contributed by atoms with van der Waals surface area (Å²) in [6, 6.07) is 5.33. The largest absolute Gasteiger partial charge is 0.474 e. The van der Waals surface area contributed by atoms with E-state index in [0.717, 1.165) is 48.3 Å². The number of aromatic nitrogens is 2. The highest BCUT2D eigenvalue weighted by Crippen LogP contribution is 2.37. The van der Waals surface area contributed by atoms with Crippen LogP contribution >= 0.6 is 0 Å². The molecule has 0 radical (unpaired) electrons. The molecular weight excluding hydrogens is 511 g/mol. The number of piperidine rings is 1. The number of hydrogen-bond acceptors (Lipinski definition) is 8. The van der Waals surface area contributed by atoms with Crippen LogP contribution in [0, 0.1) is 12.7 Å². The zero-order chi connectivity index (χ0) is 27.6. The molecule has 2 fully saturated rings. The molecule has 208 valence electrons. The predicted octanol–water partition coefficient (Wildman–Crippen LogP) is 3.00. The van der Waals surface area contributed by atoms with Crippen LogP contribution in [0.2, 0.25) is 0 Å². The number of amides is 1. The standard InChI is InChI=1S/C29H33FN8O2/c1-17-23(15-36-29-28(17)33-7-9-40-29)22-10-18-12-26(35-14-19(18)11-24(22)30)37-25(31)13-20-4-8-38(27(39)16-34-20)21-2-5-32-6-3-21/h10-15,21,32-34H,2-9,16H2,1H3,(H2,31,35,37)/b20-13-. The molecule has 2 saturated heterocycles. The lowest BCUT2D eigenvalue weighted by Crippen LogP contribution is -2.47. The van der Waals surface area contributed by atoms with E-state index in [1.807, 2.05) is 11.8 Å². The Morgan fingerprint density at radius 3 is 2.83 bits per heavy atom. The first-order valence-corrected chi connectivity index (χ1v) is 13.7. The number of anilines is 1. The summed E-state index contributed by atoms with van der Waals surface area (Å²) in [6.07, 6.45) is 7.62. The van der Waals surface area contributed by atoms with Gasteiger partial charge in [-0.2, -0.15) is 0 Å². The van der Waals surface area contributed by atoms with Gasteiger partial charge in [0, 0.05) is 60.2 Å². The Bertz CT molecular complexity index is 1520. The molecule has 10 nitrogen and oxygen atoms in total. The zero-order valence-electron chi connectivity index (χ0n) is 22.5. The fourth-order valence-electron chi connectivity index (χ4n) is 5.63. The minimum Gasteiger partial charge on any atom is -0.474 e. The van der Waals surface area contributed by atoms with Gasteiger partial charge in [0.05, 0.1) is 6.54 Å². The Balaban J connectivity index is 1.24. The van der Waals surface area contributed by atoms with Crippen molar-refractivity contribution in [2.75, 3.05) is 44.6 Å². The molecule has 3 aliphatic rings. The molecule has 0 aliphatic carbocycles. The van der Waals surface area contributed by atoms with Gasteiger partial charge < -0.3 is 31.3 Å². The van der Waals surface area contributed by atoms with Crippen LogP contribution in [0.15, 0.2) is 47.4 Å². The van der Waals surface area contributed by atoms with Crippen molar-refractivity contribution < 1.29 is 13.9 Å². The highest BCUT2D eigenvalue weighted by Gasteiger charge is 2.27. The Labute approximate surface area is 231 Å². The van der Waals surface area contributed by atoms with Crippen LogP contribution in [0.5, 0.6) is 5.88 Å². The van der Waals surface area contributed by atoms with Crippen LogP contribution < -0.4 is 26.4 Å². The van der Waals surface area contributed by atoms with E-state index in [4.69, 9.17) is 10.5 Å². The van der Waals surface area contributed by atoms with Crippen molar-refractivity contribution in [2.24, 2.45) is 10.7 Å². The highest BCUT2D eigenvalue weighted by atomic mass is 19.1. The van der Waals surface area contributed by atoms with Gasteiger partial charge in [-0.3, -0.25) is 4.79 Å². The molecular formula is C29H33FN8O2. The van der Waals surface area contributed by atoms with E-state index in [0.29, 0.717) is 54.3 Å². The molecule has 40 heavy (non-hydrogen) atoms. The average Bonchev–Trinajstić information content (AvgIpc) is 3.15. The smallest absolute Gasteiger partial charge is 0.242 e. The summed E-state index contributed by atoms with van der Waals surface area (Å²) in [5.74, 6) is 0.975. The number of carbonyl (C=O) groups excluding carboxylic acids is 1. The summed E-state index contributed by atoms with van der Waals surface area (Å²) < 4.78 is 20.8. The lowest BCUT2D eigenvalue weighted by Gasteiger charge is -2.33. The van der Waals surface area contributed by atoms with E-state index in [1.54, 1.807) is 30.6 Å². The number of nitrogens with one attached hydrogen (secondary N) is 3. The van der Waals surface area contributed by atoms with Crippen LogP contribution in [-0.2, 0) is 4.79 Å². The van der Waals surface area contributed by atoms with Gasteiger partial charge in [0.2, 0.25) is 11.8 Å². The fourth-order valence-corrected chi connectivity index (χ4v) is 5.63. The molecule has 0 unspecified atom stereocenters. The van der Waals surface area contributed by atoms with Crippen molar-refractivity contribution in [3.8, 4) is 17.0 Å². The summed E-state index contributed by atoms with van der Waals surface area (Å²) in [6.45, 7) is 5.91. The second kappa shape index (κ2) is 11.1. The van der Waals surface area contributed by atoms with Crippen molar-refractivity contribution in [3.63, 3.8) is 0 Å². The summed E-state index contributed by atoms with van der Waals surface area (Å²) in [4.78, 5) is 28.0. The number of nitrogens with zero attached hydrogens (tertiary/aromatic N) is 4. The lowest BCUT2D eigenvalue weighted by molar-refractivity contribution is -0.132. The van der Waals surface area contributed by atoms with Gasteiger partial charge in [-0.15, -0.1) is 0 Å². The Morgan fingerprint density at radius 1 is 1.12 bits per heavy atom. The summed E-state index contributed by atoms with van der Waals surface area (Å²) in [5.41, 5.74) is 9.93. The van der Waals surface area contributed by atoms with E-state index in [-0.39, 0.29) is 30.1 Å². The normalized spacial score (nSPS) is 19.6. The summed E-state index contributed by atoms with van der Waals surface area (Å²) >= 11 is 0. The van der Waals surface area contributed by atoms with Crippen LogP contribution in [0.3, 0.4) is 0 Å². The molecule has 3 aliphatic heterocycles. The quantitative estimate of drug-likeness (QED) is 0.291. The van der Waals surface area contributed by atoms with Gasteiger partial charge >= 0.3 is 0 Å². The van der Waals surface area contributed by atoms with Gasteiger partial charge in [-0.25, -0.2) is 19.4 Å². The molecule has 0 saturated carbocycles. The molecule has 5 heterocycles. The van der Waals surface area contributed by atoms with Crippen LogP contribution in [0.4, 0.5) is 15.9 Å². The van der Waals surface area contributed by atoms with Crippen LogP contribution in [0.25, 0.3) is 21.9 Å². The number of halogens is 1. The maximum absolute atomic E-state index is 15.2. The molecule has 1 aromatic carbocycles. The van der Waals surface area contributed by atoms with Gasteiger partial charge in [-0.05, 0) is 68.1 Å². The van der Waals surface area contributed by atoms with Crippen molar-refractivity contribution in [2.45, 2.75) is 32.2 Å². The number of aliphatic imine (C=N–C) groups is 1. The first kappa shape index (κ1) is 26.0. The number of amidine groups is 1. The average molecular weight is 545 g/mol. The van der Waals surface area contributed by atoms with Gasteiger partial charge in [0.15, 0.2) is 5.82 Å². The number of fused-ring (bicyclic) bond motifs is 2. The topological polar surface area (TPSA) is 130 Å². The number of carbonyl (C=O) groups is 1. The number of nitrogens with two attached hydrogens (primary N) is 1. The first-order valence-electron chi connectivity index (χ1n) is 13.7. The minimum atomic E-state index is -0.358. The third-order valence-corrected chi connectivity index (χ3v) is 7.75.